The molecule has 4 aliphatic rings. The van der Waals surface area contributed by atoms with Gasteiger partial charge in [-0.1, -0.05) is 24.6 Å². The second-order valence-electron chi connectivity index (χ2n) is 11.3. The number of carbonyl (C=O) groups is 2. The van der Waals surface area contributed by atoms with Crippen molar-refractivity contribution in [2.45, 2.75) is 83.8 Å². The largest absolute Gasteiger partial charge is 0.480 e. The molecule has 3 N–H and O–H groups in total. The van der Waals surface area contributed by atoms with Crippen LogP contribution in [0.2, 0.25) is 0 Å². The van der Waals surface area contributed by atoms with E-state index in [1.807, 2.05) is 6.92 Å². The third kappa shape index (κ3) is 4.22. The van der Waals surface area contributed by atoms with Gasteiger partial charge in [0, 0.05) is 5.75 Å². The van der Waals surface area contributed by atoms with E-state index in [2.05, 4.69) is 43.0 Å². The fourth-order valence-corrected chi connectivity index (χ4v) is 7.73. The first-order valence-electron chi connectivity index (χ1n) is 12.3. The van der Waals surface area contributed by atoms with Gasteiger partial charge in [-0.05, 0) is 93.0 Å². The van der Waals surface area contributed by atoms with Crippen molar-refractivity contribution in [3.05, 3.63) is 11.6 Å². The molecule has 4 aliphatic carbocycles. The molecule has 0 heterocycles. The Kier molecular flexibility index (Phi) is 6.64. The maximum atomic E-state index is 11.9. The normalized spacial score (nSPS) is 41.9. The number of nitrogens with one attached hydrogen (secondary N) is 1. The van der Waals surface area contributed by atoms with Crippen molar-refractivity contribution < 1.29 is 24.6 Å². The highest BCUT2D eigenvalue weighted by atomic mass is 32.1. The molecule has 3 saturated carbocycles. The van der Waals surface area contributed by atoms with E-state index in [0.29, 0.717) is 17.8 Å². The molecule has 0 radical (unpaired) electrons. The highest BCUT2D eigenvalue weighted by Gasteiger charge is 2.62. The van der Waals surface area contributed by atoms with Crippen molar-refractivity contribution in [2.24, 2.45) is 33.7 Å². The summed E-state index contributed by atoms with van der Waals surface area (Å²) >= 11 is 3.94. The molecule has 7 atom stereocenters. The number of allylic oxidation sites excluding steroid dienone is 2. The van der Waals surface area contributed by atoms with E-state index in [1.54, 1.807) is 0 Å². The van der Waals surface area contributed by atoms with Gasteiger partial charge in [0.05, 0.1) is 11.3 Å². The Balaban J connectivity index is 1.41. The summed E-state index contributed by atoms with van der Waals surface area (Å²) in [5.74, 6) is 0.292. The second-order valence-corrected chi connectivity index (χ2v) is 11.6. The first-order chi connectivity index (χ1) is 15.5. The average molecular weight is 479 g/mol. The first-order valence-corrected chi connectivity index (χ1v) is 12.9. The molecule has 184 valence electrons. The Hall–Kier alpha value is -1.54. The molecule has 3 fully saturated rings. The lowest BCUT2D eigenvalue weighted by atomic mass is 9.46. The monoisotopic (exact) mass is 478 g/mol. The molecule has 33 heavy (non-hydrogen) atoms. The quantitative estimate of drug-likeness (QED) is 0.345. The van der Waals surface area contributed by atoms with Crippen LogP contribution in [0.5, 0.6) is 0 Å². The summed E-state index contributed by atoms with van der Waals surface area (Å²) < 4.78 is 0. The molecule has 0 spiro atoms. The lowest BCUT2D eigenvalue weighted by molar-refractivity contribution is -0.141. The van der Waals surface area contributed by atoms with Crippen LogP contribution in [0.15, 0.2) is 16.8 Å². The first kappa shape index (κ1) is 24.6. The van der Waals surface area contributed by atoms with Crippen LogP contribution in [0.3, 0.4) is 0 Å². The van der Waals surface area contributed by atoms with E-state index >= 15 is 0 Å². The van der Waals surface area contributed by atoms with Gasteiger partial charge in [-0.3, -0.25) is 4.79 Å². The number of carbonyl (C=O) groups excluding carboxylic acids is 1. The maximum Gasteiger partial charge on any atom is 0.327 e. The van der Waals surface area contributed by atoms with E-state index in [-0.39, 0.29) is 23.2 Å². The standard InChI is InChI=1S/C25H38N2O5S/c1-23-9-6-16(27-32-13-21(28)26-20(14-33)22(29)30)12-15(23)4-5-17-18(23)7-10-24(2)19(17)8-11-25(24,3)31/h12,17-20,31,33H,4-11,13-14H2,1-3H3,(H,26,28)(H,29,30)/t17-,18?,19?,20?,23+,24+,25+/m1/s1. The summed E-state index contributed by atoms with van der Waals surface area (Å²) in [6.07, 6.45) is 10.5. The van der Waals surface area contributed by atoms with Gasteiger partial charge in [-0.2, -0.15) is 12.6 Å². The van der Waals surface area contributed by atoms with Gasteiger partial charge in [0.2, 0.25) is 0 Å². The smallest absolute Gasteiger partial charge is 0.327 e. The van der Waals surface area contributed by atoms with E-state index < -0.39 is 23.5 Å². The van der Waals surface area contributed by atoms with Crippen molar-refractivity contribution in [1.82, 2.24) is 5.32 Å². The molecule has 1 amide bonds. The minimum Gasteiger partial charge on any atom is -0.480 e. The van der Waals surface area contributed by atoms with Crippen molar-refractivity contribution >= 4 is 30.2 Å². The molecule has 4 rings (SSSR count). The van der Waals surface area contributed by atoms with Crippen molar-refractivity contribution in [3.8, 4) is 0 Å². The van der Waals surface area contributed by atoms with Crippen LogP contribution in [0.25, 0.3) is 0 Å². The number of carboxylic acid groups (broad SMARTS) is 1. The summed E-state index contributed by atoms with van der Waals surface area (Å²) in [7, 11) is 0. The number of carboxylic acids is 1. The molecule has 0 aromatic heterocycles. The average Bonchev–Trinajstić information content (AvgIpc) is 3.01. The summed E-state index contributed by atoms with van der Waals surface area (Å²) in [6, 6.07) is -1.04. The van der Waals surface area contributed by atoms with Gasteiger partial charge in [0.15, 0.2) is 6.61 Å². The third-order valence-electron chi connectivity index (χ3n) is 9.73. The van der Waals surface area contributed by atoms with Crippen LogP contribution < -0.4 is 5.32 Å². The maximum absolute atomic E-state index is 11.9. The third-order valence-corrected chi connectivity index (χ3v) is 10.1. The van der Waals surface area contributed by atoms with Crippen LogP contribution in [0.1, 0.15) is 72.1 Å². The van der Waals surface area contributed by atoms with E-state index in [1.165, 1.54) is 18.4 Å². The SMILES string of the molecule is C[C@]12CCC(=NOCC(=O)NC(CS)C(=O)O)C=C1CC[C@@H]1C2CC[C@@]2(C)C1CC[C@]2(C)O. The van der Waals surface area contributed by atoms with Crippen LogP contribution in [-0.2, 0) is 14.4 Å². The Labute approximate surface area is 201 Å². The van der Waals surface area contributed by atoms with Crippen LogP contribution in [-0.4, -0.2) is 51.8 Å². The number of oxime groups is 1. The number of fused-ring (bicyclic) bond motifs is 5. The summed E-state index contributed by atoms with van der Waals surface area (Å²) in [6.45, 7) is 6.47. The van der Waals surface area contributed by atoms with Gasteiger partial charge in [0.25, 0.3) is 5.91 Å². The number of nitrogens with zero attached hydrogens (tertiary/aromatic N) is 1. The van der Waals surface area contributed by atoms with Gasteiger partial charge < -0.3 is 20.4 Å². The zero-order valence-corrected chi connectivity index (χ0v) is 20.9. The number of amides is 1. The van der Waals surface area contributed by atoms with Gasteiger partial charge in [0.1, 0.15) is 6.04 Å². The highest BCUT2D eigenvalue weighted by Crippen LogP contribution is 2.67. The number of hydrogen-bond donors (Lipinski definition) is 4. The van der Waals surface area contributed by atoms with Crippen LogP contribution in [0.4, 0.5) is 0 Å². The molecular formula is C25H38N2O5S. The molecule has 8 heteroatoms. The number of rotatable bonds is 6. The Morgan fingerprint density at radius 1 is 1.18 bits per heavy atom. The lowest BCUT2D eigenvalue weighted by Gasteiger charge is -2.59. The highest BCUT2D eigenvalue weighted by molar-refractivity contribution is 7.80. The minimum absolute atomic E-state index is 0.0139. The minimum atomic E-state index is -1.12. The van der Waals surface area contributed by atoms with Gasteiger partial charge in [-0.25, -0.2) is 4.79 Å². The molecule has 0 aromatic carbocycles. The molecule has 0 aliphatic heterocycles. The van der Waals surface area contributed by atoms with E-state index in [4.69, 9.17) is 9.94 Å². The topological polar surface area (TPSA) is 108 Å². The predicted molar refractivity (Wildman–Crippen MR) is 129 cm³/mol. The Morgan fingerprint density at radius 3 is 2.61 bits per heavy atom. The molecule has 0 aromatic rings. The molecule has 0 saturated heterocycles. The molecule has 3 unspecified atom stereocenters. The predicted octanol–water partition coefficient (Wildman–Crippen LogP) is 3.57. The van der Waals surface area contributed by atoms with Crippen LogP contribution >= 0.6 is 12.6 Å². The fraction of sp³-hybridized carbons (Fsp3) is 0.800. The number of aliphatic hydroxyl groups is 1. The fourth-order valence-electron chi connectivity index (χ4n) is 7.48. The van der Waals surface area contributed by atoms with Crippen molar-refractivity contribution in [3.63, 3.8) is 0 Å². The zero-order valence-electron chi connectivity index (χ0n) is 20.0. The number of thiol groups is 1. The Morgan fingerprint density at radius 2 is 1.91 bits per heavy atom. The summed E-state index contributed by atoms with van der Waals surface area (Å²) in [4.78, 5) is 28.2. The van der Waals surface area contributed by atoms with E-state index in [0.717, 1.165) is 44.2 Å². The second kappa shape index (κ2) is 8.91. The van der Waals surface area contributed by atoms with Gasteiger partial charge in [-0.15, -0.1) is 0 Å². The van der Waals surface area contributed by atoms with Crippen LogP contribution in [0, 0.1) is 28.6 Å². The molecule has 0 bridgehead atoms. The summed E-state index contributed by atoms with van der Waals surface area (Å²) in [5, 5.41) is 26.6. The molecular weight excluding hydrogens is 440 g/mol. The Bertz CT molecular complexity index is 871. The van der Waals surface area contributed by atoms with Crippen molar-refractivity contribution in [2.75, 3.05) is 12.4 Å². The van der Waals surface area contributed by atoms with E-state index in [9.17, 15) is 14.7 Å². The zero-order chi connectivity index (χ0) is 24.0. The number of hydrogen-bond acceptors (Lipinski definition) is 6. The molecule has 7 nitrogen and oxygen atoms in total. The van der Waals surface area contributed by atoms with Crippen molar-refractivity contribution in [1.29, 1.82) is 0 Å². The number of aliphatic carboxylic acids is 1. The summed E-state index contributed by atoms with van der Waals surface area (Å²) in [5.41, 5.74) is 1.94. The van der Waals surface area contributed by atoms with Gasteiger partial charge >= 0.3 is 5.97 Å². The lowest BCUT2D eigenvalue weighted by Crippen LogP contribution is -2.53.